The van der Waals surface area contributed by atoms with Crippen molar-refractivity contribution in [2.45, 2.75) is 57.8 Å². The molecule has 2 aromatic rings. The average molecular weight is 565 g/mol. The third-order valence-corrected chi connectivity index (χ3v) is 5.97. The summed E-state index contributed by atoms with van der Waals surface area (Å²) in [5, 5.41) is 2.38. The number of carbonyl (C=O) groups excluding carboxylic acids is 1. The van der Waals surface area contributed by atoms with Crippen molar-refractivity contribution in [3.8, 4) is 5.75 Å². The first-order chi connectivity index (χ1) is 17.3. The lowest BCUT2D eigenvalue weighted by Crippen LogP contribution is -2.45. The Kier molecular flexibility index (Phi) is 11.5. The Bertz CT molecular complexity index is 903. The van der Waals surface area contributed by atoms with Crippen LogP contribution in [-0.4, -0.2) is 61.2 Å². The second-order valence-electron chi connectivity index (χ2n) is 9.75. The SMILES string of the molecule is CC(C)(C)OC(=O)ON1CCC(c2ccc(OCCCOCc3ccccc3)cc2)C(OCCBr)C1. The van der Waals surface area contributed by atoms with Crippen molar-refractivity contribution in [3.05, 3.63) is 65.7 Å². The molecule has 2 unspecified atom stereocenters. The van der Waals surface area contributed by atoms with E-state index in [9.17, 15) is 4.79 Å². The summed E-state index contributed by atoms with van der Waals surface area (Å²) in [4.78, 5) is 17.5. The van der Waals surface area contributed by atoms with E-state index in [1.165, 1.54) is 11.1 Å². The lowest BCUT2D eigenvalue weighted by Gasteiger charge is -2.37. The number of halogens is 1. The van der Waals surface area contributed by atoms with Gasteiger partial charge < -0.3 is 23.8 Å². The van der Waals surface area contributed by atoms with E-state index in [0.29, 0.717) is 39.5 Å². The highest BCUT2D eigenvalue weighted by Crippen LogP contribution is 2.32. The quantitative estimate of drug-likeness (QED) is 0.175. The van der Waals surface area contributed by atoms with Crippen LogP contribution in [0.25, 0.3) is 0 Å². The van der Waals surface area contributed by atoms with Gasteiger partial charge in [0.15, 0.2) is 0 Å². The van der Waals surface area contributed by atoms with E-state index in [4.69, 9.17) is 23.8 Å². The molecule has 7 nitrogen and oxygen atoms in total. The summed E-state index contributed by atoms with van der Waals surface area (Å²) < 4.78 is 23.0. The molecular weight excluding hydrogens is 526 g/mol. The standard InChI is InChI=1S/C28H38BrNO6/c1-28(2,3)35-27(31)36-30-16-14-25(26(20-30)34-19-15-29)23-10-12-24(13-11-23)33-18-7-17-32-21-22-8-5-4-6-9-22/h4-6,8-13,25-26H,7,14-21H2,1-3H3. The number of hydrogen-bond acceptors (Lipinski definition) is 7. The Morgan fingerprint density at radius 3 is 2.47 bits per heavy atom. The van der Waals surface area contributed by atoms with Crippen LogP contribution in [-0.2, 0) is 25.7 Å². The predicted molar refractivity (Wildman–Crippen MR) is 142 cm³/mol. The highest BCUT2D eigenvalue weighted by atomic mass is 79.9. The second-order valence-corrected chi connectivity index (χ2v) is 10.5. The molecule has 0 amide bonds. The van der Waals surface area contributed by atoms with Crippen LogP contribution < -0.4 is 4.74 Å². The van der Waals surface area contributed by atoms with Gasteiger partial charge in [0.05, 0.1) is 39.1 Å². The summed E-state index contributed by atoms with van der Waals surface area (Å²) in [6.07, 6.45) is 0.835. The van der Waals surface area contributed by atoms with Gasteiger partial charge in [-0.05, 0) is 50.5 Å². The Hall–Kier alpha value is -2.13. The molecule has 2 atom stereocenters. The molecule has 1 saturated heterocycles. The fourth-order valence-electron chi connectivity index (χ4n) is 4.02. The number of carbonyl (C=O) groups is 1. The average Bonchev–Trinajstić information content (AvgIpc) is 2.85. The molecule has 0 N–H and O–H groups in total. The molecule has 1 aliphatic rings. The predicted octanol–water partition coefficient (Wildman–Crippen LogP) is 6.11. The van der Waals surface area contributed by atoms with Gasteiger partial charge in [-0.25, -0.2) is 4.79 Å². The normalized spacial score (nSPS) is 18.6. The van der Waals surface area contributed by atoms with E-state index in [2.05, 4.69) is 40.2 Å². The number of hydrogen-bond donors (Lipinski definition) is 0. The molecule has 0 radical (unpaired) electrons. The number of alkyl halides is 1. The van der Waals surface area contributed by atoms with Gasteiger partial charge in [-0.2, -0.15) is 0 Å². The molecular formula is C28H38BrNO6. The number of hydroxylamine groups is 2. The molecule has 198 valence electrons. The van der Waals surface area contributed by atoms with E-state index in [0.717, 1.165) is 23.9 Å². The molecule has 3 rings (SSSR count). The Morgan fingerprint density at radius 2 is 1.78 bits per heavy atom. The smallest absolute Gasteiger partial charge is 0.494 e. The molecule has 1 heterocycles. The van der Waals surface area contributed by atoms with Gasteiger partial charge in [0.2, 0.25) is 0 Å². The molecule has 0 saturated carbocycles. The molecule has 0 aliphatic carbocycles. The van der Waals surface area contributed by atoms with Crippen LogP contribution in [0.5, 0.6) is 5.75 Å². The first-order valence-corrected chi connectivity index (χ1v) is 13.6. The molecule has 2 aromatic carbocycles. The zero-order valence-electron chi connectivity index (χ0n) is 21.5. The lowest BCUT2D eigenvalue weighted by atomic mass is 9.87. The zero-order valence-corrected chi connectivity index (χ0v) is 23.1. The van der Waals surface area contributed by atoms with Gasteiger partial charge in [0.25, 0.3) is 0 Å². The molecule has 1 aliphatic heterocycles. The maximum atomic E-state index is 12.1. The highest BCUT2D eigenvalue weighted by molar-refractivity contribution is 9.09. The zero-order chi connectivity index (χ0) is 25.8. The van der Waals surface area contributed by atoms with Gasteiger partial charge in [0.1, 0.15) is 11.4 Å². The van der Waals surface area contributed by atoms with E-state index in [1.807, 2.05) is 51.1 Å². The van der Waals surface area contributed by atoms with Gasteiger partial charge in [-0.15, -0.1) is 5.06 Å². The van der Waals surface area contributed by atoms with Crippen molar-refractivity contribution in [2.75, 3.05) is 38.2 Å². The molecule has 1 fully saturated rings. The number of rotatable bonds is 12. The van der Waals surface area contributed by atoms with E-state index in [-0.39, 0.29) is 12.0 Å². The Balaban J connectivity index is 1.45. The monoisotopic (exact) mass is 563 g/mol. The molecule has 36 heavy (non-hydrogen) atoms. The van der Waals surface area contributed by atoms with Crippen LogP contribution in [0, 0.1) is 0 Å². The fourth-order valence-corrected chi connectivity index (χ4v) is 4.20. The maximum Gasteiger partial charge on any atom is 0.528 e. The van der Waals surface area contributed by atoms with Gasteiger partial charge in [-0.1, -0.05) is 58.4 Å². The summed E-state index contributed by atoms with van der Waals surface area (Å²) in [5.74, 6) is 1.04. The number of piperidine rings is 1. The van der Waals surface area contributed by atoms with E-state index >= 15 is 0 Å². The van der Waals surface area contributed by atoms with Crippen LogP contribution >= 0.6 is 15.9 Å². The minimum atomic E-state index is -0.688. The third-order valence-electron chi connectivity index (χ3n) is 5.65. The van der Waals surface area contributed by atoms with Crippen LogP contribution in [0.4, 0.5) is 4.79 Å². The van der Waals surface area contributed by atoms with Crippen molar-refractivity contribution in [1.82, 2.24) is 5.06 Å². The molecule has 0 spiro atoms. The summed E-state index contributed by atoms with van der Waals surface area (Å²) in [6.45, 7) is 9.00. The molecule has 0 aromatic heterocycles. The second kappa shape index (κ2) is 14.6. The number of ether oxygens (including phenoxy) is 4. The topological polar surface area (TPSA) is 66.5 Å². The lowest BCUT2D eigenvalue weighted by molar-refractivity contribution is -0.176. The summed E-state index contributed by atoms with van der Waals surface area (Å²) in [5.41, 5.74) is 1.76. The fraction of sp³-hybridized carbons (Fsp3) is 0.536. The van der Waals surface area contributed by atoms with Gasteiger partial charge >= 0.3 is 6.16 Å². The van der Waals surface area contributed by atoms with E-state index < -0.39 is 11.8 Å². The van der Waals surface area contributed by atoms with E-state index in [1.54, 1.807) is 5.06 Å². The van der Waals surface area contributed by atoms with Gasteiger partial charge in [-0.3, -0.25) is 0 Å². The first-order valence-electron chi connectivity index (χ1n) is 12.5. The third kappa shape index (κ3) is 10.1. The largest absolute Gasteiger partial charge is 0.528 e. The van der Waals surface area contributed by atoms with Crippen molar-refractivity contribution in [1.29, 1.82) is 0 Å². The van der Waals surface area contributed by atoms with Crippen LogP contribution in [0.2, 0.25) is 0 Å². The van der Waals surface area contributed by atoms with Crippen LogP contribution in [0.1, 0.15) is 50.7 Å². The number of benzene rings is 2. The van der Waals surface area contributed by atoms with Crippen LogP contribution in [0.15, 0.2) is 54.6 Å². The van der Waals surface area contributed by atoms with Gasteiger partial charge in [0, 0.05) is 24.2 Å². The number of nitrogens with zero attached hydrogens (tertiary/aromatic N) is 1. The van der Waals surface area contributed by atoms with Crippen molar-refractivity contribution in [2.24, 2.45) is 0 Å². The summed E-state index contributed by atoms with van der Waals surface area (Å²) in [7, 11) is 0. The minimum Gasteiger partial charge on any atom is -0.494 e. The summed E-state index contributed by atoms with van der Waals surface area (Å²) >= 11 is 3.43. The first kappa shape index (κ1) is 28.4. The van der Waals surface area contributed by atoms with Crippen molar-refractivity contribution < 1.29 is 28.6 Å². The molecule has 8 heteroatoms. The maximum absolute atomic E-state index is 12.1. The van der Waals surface area contributed by atoms with Crippen molar-refractivity contribution in [3.63, 3.8) is 0 Å². The highest BCUT2D eigenvalue weighted by Gasteiger charge is 2.33. The van der Waals surface area contributed by atoms with Crippen molar-refractivity contribution >= 4 is 22.1 Å². The Labute approximate surface area is 223 Å². The minimum absolute atomic E-state index is 0.104. The Morgan fingerprint density at radius 1 is 1.03 bits per heavy atom. The summed E-state index contributed by atoms with van der Waals surface area (Å²) in [6, 6.07) is 18.4. The molecule has 0 bridgehead atoms. The van der Waals surface area contributed by atoms with Crippen LogP contribution in [0.3, 0.4) is 0 Å².